The van der Waals surface area contributed by atoms with E-state index in [0.717, 1.165) is 18.8 Å². The Labute approximate surface area is 91.2 Å². The summed E-state index contributed by atoms with van der Waals surface area (Å²) in [5, 5.41) is 15.5. The van der Waals surface area contributed by atoms with Crippen molar-refractivity contribution in [3.05, 3.63) is 5.82 Å². The zero-order valence-corrected chi connectivity index (χ0v) is 10.3. The first-order valence-corrected chi connectivity index (χ1v) is 5.39. The van der Waals surface area contributed by atoms with Crippen LogP contribution in [0.5, 0.6) is 0 Å². The van der Waals surface area contributed by atoms with E-state index in [2.05, 4.69) is 48.4 Å². The molecule has 1 atom stereocenters. The van der Waals surface area contributed by atoms with Crippen molar-refractivity contribution < 1.29 is 0 Å². The molecule has 1 heterocycles. The van der Waals surface area contributed by atoms with Crippen LogP contribution in [0.1, 0.15) is 33.5 Å². The molecule has 5 nitrogen and oxygen atoms in total. The number of tetrazole rings is 1. The minimum atomic E-state index is 0.204. The summed E-state index contributed by atoms with van der Waals surface area (Å²) in [7, 11) is 1.79. The molecule has 86 valence electrons. The Hall–Kier alpha value is -0.970. The van der Waals surface area contributed by atoms with Gasteiger partial charge >= 0.3 is 0 Å². The number of hydrogen-bond acceptors (Lipinski definition) is 4. The second-order valence-electron chi connectivity index (χ2n) is 4.88. The van der Waals surface area contributed by atoms with Gasteiger partial charge in [0.25, 0.3) is 0 Å². The quantitative estimate of drug-likeness (QED) is 0.799. The van der Waals surface area contributed by atoms with Crippen LogP contribution in [0.3, 0.4) is 0 Å². The molecule has 1 aromatic rings. The molecule has 5 heteroatoms. The van der Waals surface area contributed by atoms with Crippen LogP contribution in [-0.2, 0) is 13.5 Å². The minimum Gasteiger partial charge on any atom is -0.313 e. The van der Waals surface area contributed by atoms with Gasteiger partial charge in [0.2, 0.25) is 0 Å². The number of rotatable bonds is 4. The van der Waals surface area contributed by atoms with Gasteiger partial charge in [0.05, 0.1) is 7.05 Å². The van der Waals surface area contributed by atoms with Crippen molar-refractivity contribution in [2.45, 2.75) is 40.2 Å². The number of likely N-dealkylation sites (N-methyl/N-ethyl adjacent to an activating group) is 1. The zero-order chi connectivity index (χ0) is 11.5. The summed E-state index contributed by atoms with van der Waals surface area (Å²) >= 11 is 0. The summed E-state index contributed by atoms with van der Waals surface area (Å²) in [5.41, 5.74) is 0.204. The molecule has 0 fully saturated rings. The number of hydrogen-bond donors (Lipinski definition) is 1. The van der Waals surface area contributed by atoms with Gasteiger partial charge in [-0.3, -0.25) is 0 Å². The maximum atomic E-state index is 4.20. The Bertz CT molecular complexity index is 299. The monoisotopic (exact) mass is 211 g/mol. The lowest BCUT2D eigenvalue weighted by atomic mass is 9.84. The third-order valence-electron chi connectivity index (χ3n) is 2.43. The smallest absolute Gasteiger partial charge is 0.176 e. The highest BCUT2D eigenvalue weighted by molar-refractivity contribution is 4.90. The van der Waals surface area contributed by atoms with Crippen molar-refractivity contribution in [1.82, 2.24) is 25.5 Å². The molecule has 0 aliphatic carbocycles. The van der Waals surface area contributed by atoms with Crippen LogP contribution in [0, 0.1) is 5.41 Å². The highest BCUT2D eigenvalue weighted by Crippen LogP contribution is 2.21. The molecule has 0 aliphatic rings. The van der Waals surface area contributed by atoms with Crippen LogP contribution in [0.15, 0.2) is 0 Å². The Morgan fingerprint density at radius 3 is 2.47 bits per heavy atom. The second kappa shape index (κ2) is 4.70. The SMILES string of the molecule is CCNC(Cc1nnn(C)n1)C(C)(C)C. The topological polar surface area (TPSA) is 55.6 Å². The van der Waals surface area contributed by atoms with Crippen molar-refractivity contribution >= 4 is 0 Å². The number of nitrogens with zero attached hydrogens (tertiary/aromatic N) is 4. The molecule has 0 aromatic carbocycles. The van der Waals surface area contributed by atoms with E-state index in [1.54, 1.807) is 7.05 Å². The predicted molar refractivity (Wildman–Crippen MR) is 59.4 cm³/mol. The van der Waals surface area contributed by atoms with Gasteiger partial charge in [0, 0.05) is 12.5 Å². The van der Waals surface area contributed by atoms with E-state index in [-0.39, 0.29) is 5.41 Å². The fraction of sp³-hybridized carbons (Fsp3) is 0.900. The minimum absolute atomic E-state index is 0.204. The molecule has 15 heavy (non-hydrogen) atoms. The summed E-state index contributed by atoms with van der Waals surface area (Å²) in [6.07, 6.45) is 0.825. The summed E-state index contributed by atoms with van der Waals surface area (Å²) in [4.78, 5) is 1.50. The van der Waals surface area contributed by atoms with Gasteiger partial charge in [-0.15, -0.1) is 10.2 Å². The van der Waals surface area contributed by atoms with E-state index in [0.29, 0.717) is 6.04 Å². The fourth-order valence-electron chi connectivity index (χ4n) is 1.52. The maximum Gasteiger partial charge on any atom is 0.176 e. The average Bonchev–Trinajstić information content (AvgIpc) is 2.49. The van der Waals surface area contributed by atoms with Gasteiger partial charge < -0.3 is 5.32 Å². The first-order chi connectivity index (χ1) is 6.93. The van der Waals surface area contributed by atoms with Gasteiger partial charge in [0.1, 0.15) is 0 Å². The molecule has 0 saturated heterocycles. The Kier molecular flexibility index (Phi) is 3.79. The second-order valence-corrected chi connectivity index (χ2v) is 4.88. The van der Waals surface area contributed by atoms with Crippen molar-refractivity contribution in [3.8, 4) is 0 Å². The number of aromatic nitrogens is 4. The van der Waals surface area contributed by atoms with Crippen molar-refractivity contribution in [3.63, 3.8) is 0 Å². The van der Waals surface area contributed by atoms with Gasteiger partial charge in [-0.05, 0) is 17.2 Å². The van der Waals surface area contributed by atoms with Crippen LogP contribution in [0.2, 0.25) is 0 Å². The molecular formula is C10H21N5. The third kappa shape index (κ3) is 3.58. The van der Waals surface area contributed by atoms with E-state index in [1.807, 2.05) is 0 Å². The standard InChI is InChI=1S/C10H21N5/c1-6-11-8(10(2,3)4)7-9-12-14-15(5)13-9/h8,11H,6-7H2,1-5H3. The molecular weight excluding hydrogens is 190 g/mol. The Balaban J connectivity index is 2.66. The van der Waals surface area contributed by atoms with Crippen LogP contribution >= 0.6 is 0 Å². The molecule has 0 aliphatic heterocycles. The molecule has 0 spiro atoms. The van der Waals surface area contributed by atoms with Crippen molar-refractivity contribution in [2.24, 2.45) is 12.5 Å². The summed E-state index contributed by atoms with van der Waals surface area (Å²) < 4.78 is 0. The zero-order valence-electron chi connectivity index (χ0n) is 10.3. The van der Waals surface area contributed by atoms with Gasteiger partial charge in [-0.25, -0.2) is 0 Å². The largest absolute Gasteiger partial charge is 0.313 e. The first kappa shape index (κ1) is 12.1. The summed E-state index contributed by atoms with van der Waals surface area (Å²) in [6.45, 7) is 9.73. The van der Waals surface area contributed by atoms with E-state index in [1.165, 1.54) is 4.80 Å². The van der Waals surface area contributed by atoms with Crippen LogP contribution in [0.25, 0.3) is 0 Å². The van der Waals surface area contributed by atoms with Gasteiger partial charge in [-0.1, -0.05) is 27.7 Å². The Morgan fingerprint density at radius 2 is 2.07 bits per heavy atom. The van der Waals surface area contributed by atoms with Gasteiger partial charge in [-0.2, -0.15) is 4.80 Å². The summed E-state index contributed by atoms with van der Waals surface area (Å²) in [6, 6.07) is 0.381. The molecule has 1 N–H and O–H groups in total. The predicted octanol–water partition coefficient (Wildman–Crippen LogP) is 0.777. The van der Waals surface area contributed by atoms with Crippen LogP contribution < -0.4 is 5.32 Å². The maximum absolute atomic E-state index is 4.20. The first-order valence-electron chi connectivity index (χ1n) is 5.39. The van der Waals surface area contributed by atoms with E-state index < -0.39 is 0 Å². The van der Waals surface area contributed by atoms with Crippen LogP contribution in [-0.4, -0.2) is 32.8 Å². The highest BCUT2D eigenvalue weighted by atomic mass is 15.6. The number of nitrogens with one attached hydrogen (secondary N) is 1. The average molecular weight is 211 g/mol. The highest BCUT2D eigenvalue weighted by Gasteiger charge is 2.25. The summed E-state index contributed by atoms with van der Waals surface area (Å²) in [5.74, 6) is 0.804. The molecule has 1 aromatic heterocycles. The van der Waals surface area contributed by atoms with E-state index in [4.69, 9.17) is 0 Å². The molecule has 0 bridgehead atoms. The lowest BCUT2D eigenvalue weighted by Gasteiger charge is -2.30. The molecule has 0 radical (unpaired) electrons. The van der Waals surface area contributed by atoms with E-state index in [9.17, 15) is 0 Å². The number of aryl methyl sites for hydroxylation is 1. The molecule has 1 unspecified atom stereocenters. The fourth-order valence-corrected chi connectivity index (χ4v) is 1.52. The van der Waals surface area contributed by atoms with Crippen molar-refractivity contribution in [2.75, 3.05) is 6.54 Å². The van der Waals surface area contributed by atoms with Crippen molar-refractivity contribution in [1.29, 1.82) is 0 Å². The molecule has 0 saturated carbocycles. The Morgan fingerprint density at radius 1 is 1.40 bits per heavy atom. The lowest BCUT2D eigenvalue weighted by Crippen LogP contribution is -2.42. The lowest BCUT2D eigenvalue weighted by molar-refractivity contribution is 0.267. The normalized spacial score (nSPS) is 14.2. The third-order valence-corrected chi connectivity index (χ3v) is 2.43. The van der Waals surface area contributed by atoms with Gasteiger partial charge in [0.15, 0.2) is 5.82 Å². The van der Waals surface area contributed by atoms with Crippen LogP contribution in [0.4, 0.5) is 0 Å². The molecule has 0 amide bonds. The van der Waals surface area contributed by atoms with E-state index >= 15 is 0 Å². The molecule has 1 rings (SSSR count).